The van der Waals surface area contributed by atoms with Crippen LogP contribution in [0.5, 0.6) is 0 Å². The third-order valence-electron chi connectivity index (χ3n) is 9.63. The molecule has 1 nitrogen and oxygen atoms in total. The van der Waals surface area contributed by atoms with Crippen LogP contribution in [-0.4, -0.2) is 0 Å². The average molecular weight is 624 g/mol. The number of rotatable bonds is 6. The van der Waals surface area contributed by atoms with E-state index in [1.807, 2.05) is 0 Å². The third-order valence-corrected chi connectivity index (χ3v) is 9.63. The van der Waals surface area contributed by atoms with Crippen LogP contribution in [0.25, 0.3) is 65.7 Å². The Morgan fingerprint density at radius 2 is 0.796 bits per heavy atom. The third kappa shape index (κ3) is 5.23. The lowest BCUT2D eigenvalue weighted by molar-refractivity contribution is 1.30. The van der Waals surface area contributed by atoms with Crippen molar-refractivity contribution in [2.45, 2.75) is 0 Å². The Labute approximate surface area is 287 Å². The molecule has 0 N–H and O–H groups in total. The van der Waals surface area contributed by atoms with Gasteiger partial charge in [0.2, 0.25) is 0 Å². The van der Waals surface area contributed by atoms with E-state index in [4.69, 9.17) is 0 Å². The standard InChI is InChI=1S/C48H33N/c1-4-14-34(15-5-1)35-26-28-40(29-27-35)49(41-30-31-42(36-16-6-2-7-17-36)46(33-41)37-18-8-3-9-19-37)47-32-39-25-24-38-20-10-11-21-43(38)48(39)45-23-13-12-22-44(45)47/h1-33H. The molecule has 0 amide bonds. The second kappa shape index (κ2) is 12.3. The van der Waals surface area contributed by atoms with Crippen LogP contribution in [0.2, 0.25) is 0 Å². The van der Waals surface area contributed by atoms with E-state index in [2.05, 4.69) is 205 Å². The fourth-order valence-electron chi connectivity index (χ4n) is 7.30. The summed E-state index contributed by atoms with van der Waals surface area (Å²) < 4.78 is 0. The number of anilines is 3. The van der Waals surface area contributed by atoms with Crippen molar-refractivity contribution in [3.05, 3.63) is 200 Å². The second-order valence-corrected chi connectivity index (χ2v) is 12.5. The first-order valence-electron chi connectivity index (χ1n) is 16.9. The van der Waals surface area contributed by atoms with Crippen LogP contribution in [0.1, 0.15) is 0 Å². The van der Waals surface area contributed by atoms with Crippen LogP contribution >= 0.6 is 0 Å². The molecule has 230 valence electrons. The first-order valence-corrected chi connectivity index (χ1v) is 16.9. The molecule has 0 aromatic heterocycles. The van der Waals surface area contributed by atoms with E-state index in [1.54, 1.807) is 0 Å². The van der Waals surface area contributed by atoms with Gasteiger partial charge in [0.25, 0.3) is 0 Å². The molecule has 1 heteroatoms. The van der Waals surface area contributed by atoms with Crippen molar-refractivity contribution in [3.63, 3.8) is 0 Å². The van der Waals surface area contributed by atoms with Gasteiger partial charge in [-0.3, -0.25) is 0 Å². The first kappa shape index (κ1) is 28.8. The zero-order valence-electron chi connectivity index (χ0n) is 27.0. The summed E-state index contributed by atoms with van der Waals surface area (Å²) in [5.74, 6) is 0. The maximum Gasteiger partial charge on any atom is 0.0546 e. The Bertz CT molecular complexity index is 2570. The molecule has 0 heterocycles. The largest absolute Gasteiger partial charge is 0.310 e. The van der Waals surface area contributed by atoms with Crippen molar-refractivity contribution >= 4 is 49.4 Å². The molecule has 0 unspecified atom stereocenters. The van der Waals surface area contributed by atoms with E-state index >= 15 is 0 Å². The molecule has 0 saturated heterocycles. The highest BCUT2D eigenvalue weighted by molar-refractivity contribution is 6.23. The summed E-state index contributed by atoms with van der Waals surface area (Å²) in [6.07, 6.45) is 0. The Morgan fingerprint density at radius 1 is 0.286 bits per heavy atom. The highest BCUT2D eigenvalue weighted by Crippen LogP contribution is 2.46. The van der Waals surface area contributed by atoms with Crippen LogP contribution < -0.4 is 4.90 Å². The molecular weight excluding hydrogens is 591 g/mol. The lowest BCUT2D eigenvalue weighted by Gasteiger charge is -2.29. The number of hydrogen-bond donors (Lipinski definition) is 0. The van der Waals surface area contributed by atoms with Gasteiger partial charge in [0, 0.05) is 16.8 Å². The maximum absolute atomic E-state index is 2.44. The molecule has 0 saturated carbocycles. The summed E-state index contributed by atoms with van der Waals surface area (Å²) >= 11 is 0. The van der Waals surface area contributed by atoms with Gasteiger partial charge in [-0.15, -0.1) is 0 Å². The first-order chi connectivity index (χ1) is 24.3. The highest BCUT2D eigenvalue weighted by Gasteiger charge is 2.20. The number of benzene rings is 9. The minimum Gasteiger partial charge on any atom is -0.310 e. The molecule has 0 fully saturated rings. The van der Waals surface area contributed by atoms with Crippen molar-refractivity contribution in [3.8, 4) is 33.4 Å². The molecule has 9 rings (SSSR count). The van der Waals surface area contributed by atoms with Crippen LogP contribution in [-0.2, 0) is 0 Å². The Morgan fingerprint density at radius 3 is 1.49 bits per heavy atom. The zero-order valence-corrected chi connectivity index (χ0v) is 27.0. The topological polar surface area (TPSA) is 3.24 Å². The average Bonchev–Trinajstić information content (AvgIpc) is 3.19. The maximum atomic E-state index is 2.44. The molecule has 0 spiro atoms. The van der Waals surface area contributed by atoms with Crippen LogP contribution in [0, 0.1) is 0 Å². The molecule has 9 aromatic carbocycles. The normalized spacial score (nSPS) is 11.3. The minimum absolute atomic E-state index is 1.11. The van der Waals surface area contributed by atoms with Gasteiger partial charge in [-0.1, -0.05) is 170 Å². The van der Waals surface area contributed by atoms with Crippen molar-refractivity contribution in [2.75, 3.05) is 4.90 Å². The summed E-state index contributed by atoms with van der Waals surface area (Å²) in [5, 5.41) is 7.52. The zero-order chi connectivity index (χ0) is 32.6. The van der Waals surface area contributed by atoms with Crippen molar-refractivity contribution in [1.82, 2.24) is 0 Å². The predicted octanol–water partition coefficient (Wildman–Crippen LogP) is 13.6. The monoisotopic (exact) mass is 623 g/mol. The Balaban J connectivity index is 1.32. The van der Waals surface area contributed by atoms with Gasteiger partial charge in [0.05, 0.1) is 5.69 Å². The summed E-state index contributed by atoms with van der Waals surface area (Å²) in [6.45, 7) is 0. The van der Waals surface area contributed by atoms with E-state index < -0.39 is 0 Å². The van der Waals surface area contributed by atoms with Gasteiger partial charge in [0.1, 0.15) is 0 Å². The molecule has 0 bridgehead atoms. The molecule has 0 radical (unpaired) electrons. The van der Waals surface area contributed by atoms with Gasteiger partial charge in [-0.05, 0) is 90.6 Å². The second-order valence-electron chi connectivity index (χ2n) is 12.5. The molecule has 49 heavy (non-hydrogen) atoms. The van der Waals surface area contributed by atoms with E-state index in [9.17, 15) is 0 Å². The van der Waals surface area contributed by atoms with Crippen LogP contribution in [0.4, 0.5) is 17.1 Å². The summed E-state index contributed by atoms with van der Waals surface area (Å²) in [6, 6.07) is 72.5. The van der Waals surface area contributed by atoms with E-state index in [0.29, 0.717) is 0 Å². The minimum atomic E-state index is 1.11. The van der Waals surface area contributed by atoms with Gasteiger partial charge < -0.3 is 4.90 Å². The fourth-order valence-corrected chi connectivity index (χ4v) is 7.30. The van der Waals surface area contributed by atoms with Crippen molar-refractivity contribution < 1.29 is 0 Å². The van der Waals surface area contributed by atoms with E-state index in [-0.39, 0.29) is 0 Å². The van der Waals surface area contributed by atoms with Gasteiger partial charge in [-0.2, -0.15) is 0 Å². The Hall–Kier alpha value is -6.44. The Kier molecular flexibility index (Phi) is 7.22. The lowest BCUT2D eigenvalue weighted by atomic mass is 9.92. The molecule has 0 aliphatic carbocycles. The molecular formula is C48H33N. The number of nitrogens with zero attached hydrogens (tertiary/aromatic N) is 1. The van der Waals surface area contributed by atoms with Crippen molar-refractivity contribution in [1.29, 1.82) is 0 Å². The molecule has 0 aliphatic heterocycles. The summed E-state index contributed by atoms with van der Waals surface area (Å²) in [5.41, 5.74) is 10.6. The summed E-state index contributed by atoms with van der Waals surface area (Å²) in [4.78, 5) is 2.44. The SMILES string of the molecule is c1ccc(-c2ccc(N(c3ccc(-c4ccccc4)c(-c4ccccc4)c3)c3cc4ccc5ccccc5c4c4ccccc34)cc2)cc1. The fraction of sp³-hybridized carbons (Fsp3) is 0. The van der Waals surface area contributed by atoms with Gasteiger partial charge >= 0.3 is 0 Å². The van der Waals surface area contributed by atoms with Gasteiger partial charge in [0.15, 0.2) is 0 Å². The number of hydrogen-bond acceptors (Lipinski definition) is 1. The smallest absolute Gasteiger partial charge is 0.0546 e. The predicted molar refractivity (Wildman–Crippen MR) is 210 cm³/mol. The highest BCUT2D eigenvalue weighted by atomic mass is 15.1. The van der Waals surface area contributed by atoms with E-state index in [1.165, 1.54) is 65.7 Å². The van der Waals surface area contributed by atoms with Crippen LogP contribution in [0.15, 0.2) is 200 Å². The van der Waals surface area contributed by atoms with Crippen LogP contribution in [0.3, 0.4) is 0 Å². The lowest BCUT2D eigenvalue weighted by Crippen LogP contribution is -2.11. The molecule has 0 atom stereocenters. The molecule has 9 aromatic rings. The van der Waals surface area contributed by atoms with Gasteiger partial charge in [-0.25, -0.2) is 0 Å². The van der Waals surface area contributed by atoms with Crippen molar-refractivity contribution in [2.24, 2.45) is 0 Å². The quantitative estimate of drug-likeness (QED) is 0.167. The molecule has 0 aliphatic rings. The van der Waals surface area contributed by atoms with E-state index in [0.717, 1.165) is 17.1 Å². The summed E-state index contributed by atoms with van der Waals surface area (Å²) in [7, 11) is 0. The number of fused-ring (bicyclic) bond motifs is 5.